The maximum Gasteiger partial charge on any atom is 0.255 e. The van der Waals surface area contributed by atoms with Gasteiger partial charge in [0.1, 0.15) is 11.4 Å². The molecule has 1 aromatic heterocycles. The molecule has 3 aromatic rings. The van der Waals surface area contributed by atoms with Crippen LogP contribution in [0.4, 0.5) is 0 Å². The van der Waals surface area contributed by atoms with Gasteiger partial charge in [0.05, 0.1) is 5.02 Å². The number of benzene rings is 2. The molecule has 3 N–H and O–H groups in total. The summed E-state index contributed by atoms with van der Waals surface area (Å²) in [6.07, 6.45) is 8.19. The Bertz CT molecular complexity index is 1150. The Morgan fingerprint density at radius 3 is 2.48 bits per heavy atom. The Morgan fingerprint density at radius 2 is 1.81 bits per heavy atom. The first-order valence-corrected chi connectivity index (χ1v) is 11.6. The molecule has 0 amide bonds. The van der Waals surface area contributed by atoms with Crippen molar-refractivity contribution >= 4 is 22.4 Å². The van der Waals surface area contributed by atoms with Gasteiger partial charge in [-0.15, -0.1) is 0 Å². The molecule has 0 radical (unpaired) electrons. The van der Waals surface area contributed by atoms with E-state index in [2.05, 4.69) is 36.2 Å². The molecular weight excluding hydrogens is 408 g/mol. The van der Waals surface area contributed by atoms with Crippen LogP contribution in [0, 0.1) is 11.3 Å². The predicted octanol–water partition coefficient (Wildman–Crippen LogP) is 5.99. The molecule has 2 aliphatic rings. The van der Waals surface area contributed by atoms with Gasteiger partial charge >= 0.3 is 0 Å². The van der Waals surface area contributed by atoms with Crippen LogP contribution in [0.15, 0.2) is 59.5 Å². The van der Waals surface area contributed by atoms with Gasteiger partial charge < -0.3 is 15.5 Å². The van der Waals surface area contributed by atoms with Crippen LogP contribution in [0.3, 0.4) is 0 Å². The van der Waals surface area contributed by atoms with E-state index in [9.17, 15) is 4.79 Å². The molecule has 31 heavy (non-hydrogen) atoms. The van der Waals surface area contributed by atoms with Gasteiger partial charge in [-0.05, 0) is 85.9 Å². The fourth-order valence-corrected chi connectivity index (χ4v) is 5.70. The van der Waals surface area contributed by atoms with Gasteiger partial charge in [0.15, 0.2) is 0 Å². The molecule has 0 aliphatic heterocycles. The lowest BCUT2D eigenvalue weighted by Crippen LogP contribution is -2.46. The Kier molecular flexibility index (Phi) is 5.10. The third-order valence-corrected chi connectivity index (χ3v) is 7.88. The number of halogens is 1. The molecule has 5 heteroatoms. The van der Waals surface area contributed by atoms with Crippen LogP contribution in [0.2, 0.25) is 5.02 Å². The van der Waals surface area contributed by atoms with Gasteiger partial charge in [-0.1, -0.05) is 41.9 Å². The number of nitrogens with one attached hydrogen (secondary N) is 1. The summed E-state index contributed by atoms with van der Waals surface area (Å²) in [6.45, 7) is 2.18. The molecule has 0 saturated heterocycles. The Balaban J connectivity index is 1.38. The normalized spacial score (nSPS) is 27.2. The average Bonchev–Trinajstić information content (AvgIpc) is 3.62. The molecule has 1 atom stereocenters. The summed E-state index contributed by atoms with van der Waals surface area (Å²) >= 11 is 6.51. The molecule has 2 aliphatic carbocycles. The molecule has 1 heterocycles. The summed E-state index contributed by atoms with van der Waals surface area (Å²) in [7, 11) is 0. The highest BCUT2D eigenvalue weighted by Gasteiger charge is 2.53. The topological polar surface area (TPSA) is 68.1 Å². The van der Waals surface area contributed by atoms with E-state index in [0.29, 0.717) is 22.1 Å². The van der Waals surface area contributed by atoms with Crippen molar-refractivity contribution in [2.24, 2.45) is 17.1 Å². The molecule has 2 fully saturated rings. The number of fused-ring (bicyclic) bond motifs is 1. The predicted molar refractivity (Wildman–Crippen MR) is 126 cm³/mol. The molecule has 1 unspecified atom stereocenters. The number of aromatic nitrogens is 1. The number of hydrogen-bond acceptors (Lipinski definition) is 3. The van der Waals surface area contributed by atoms with Crippen LogP contribution < -0.4 is 16.0 Å². The van der Waals surface area contributed by atoms with Crippen LogP contribution in [-0.2, 0) is 0 Å². The summed E-state index contributed by atoms with van der Waals surface area (Å²) in [6, 6.07) is 16.1. The molecule has 162 valence electrons. The second-order valence-corrected chi connectivity index (χ2v) is 10.0. The van der Waals surface area contributed by atoms with Gasteiger partial charge in [-0.2, -0.15) is 0 Å². The van der Waals surface area contributed by atoms with E-state index in [1.54, 1.807) is 12.3 Å². The quantitative estimate of drug-likeness (QED) is 0.516. The Hall–Kier alpha value is -2.30. The Labute approximate surface area is 187 Å². The van der Waals surface area contributed by atoms with E-state index in [4.69, 9.17) is 22.1 Å². The van der Waals surface area contributed by atoms with E-state index >= 15 is 0 Å². The van der Waals surface area contributed by atoms with Crippen LogP contribution in [0.5, 0.6) is 5.75 Å². The zero-order chi connectivity index (χ0) is 21.6. The molecule has 5 rings (SSSR count). The standard InChI is InChI=1S/C26H29ClN2O2/c1-25(31-22-15-18-9-14-29-24(30)20(18)16-21(22)27)10-12-26(13-11-25,19-7-8-19)23(28)17-5-3-2-4-6-17/h2-6,9,14-16,19,23H,7-8,10-13,28H2,1H3,(H,29,30). The van der Waals surface area contributed by atoms with Crippen molar-refractivity contribution in [1.29, 1.82) is 0 Å². The van der Waals surface area contributed by atoms with Gasteiger partial charge in [0, 0.05) is 17.6 Å². The van der Waals surface area contributed by atoms with E-state index in [1.807, 2.05) is 18.2 Å². The highest BCUT2D eigenvalue weighted by Crippen LogP contribution is 2.60. The maximum absolute atomic E-state index is 12.1. The third kappa shape index (κ3) is 3.77. The summed E-state index contributed by atoms with van der Waals surface area (Å²) in [5.74, 6) is 1.36. The second kappa shape index (κ2) is 7.68. The fourth-order valence-electron chi connectivity index (χ4n) is 5.50. The first kappa shape index (κ1) is 20.6. The smallest absolute Gasteiger partial charge is 0.255 e. The summed E-state index contributed by atoms with van der Waals surface area (Å²) in [5, 5.41) is 1.89. The monoisotopic (exact) mass is 436 g/mol. The number of aromatic amines is 1. The maximum atomic E-state index is 12.1. The first-order chi connectivity index (χ1) is 14.9. The first-order valence-electron chi connectivity index (χ1n) is 11.2. The number of nitrogens with two attached hydrogens (primary N) is 1. The van der Waals surface area contributed by atoms with E-state index < -0.39 is 0 Å². The van der Waals surface area contributed by atoms with Crippen LogP contribution in [0.25, 0.3) is 10.8 Å². The minimum Gasteiger partial charge on any atom is -0.486 e. The van der Waals surface area contributed by atoms with Gasteiger partial charge in [-0.3, -0.25) is 4.79 Å². The van der Waals surface area contributed by atoms with Crippen LogP contribution in [0.1, 0.15) is 57.1 Å². The number of rotatable bonds is 5. The lowest BCUT2D eigenvalue weighted by atomic mass is 9.61. The minimum atomic E-state index is -0.298. The van der Waals surface area contributed by atoms with Crippen LogP contribution >= 0.6 is 11.6 Å². The van der Waals surface area contributed by atoms with Crippen molar-refractivity contribution < 1.29 is 4.74 Å². The van der Waals surface area contributed by atoms with Gasteiger partial charge in [0.25, 0.3) is 5.56 Å². The average molecular weight is 437 g/mol. The SMILES string of the molecule is CC1(Oc2cc3cc[nH]c(=O)c3cc2Cl)CCC(C2CC2)(C(N)c2ccccc2)CC1. The van der Waals surface area contributed by atoms with Crippen molar-refractivity contribution in [3.05, 3.63) is 75.7 Å². The van der Waals surface area contributed by atoms with Gasteiger partial charge in [0.2, 0.25) is 0 Å². The number of ether oxygens (including phenoxy) is 1. The number of hydrogen-bond donors (Lipinski definition) is 2. The zero-order valence-corrected chi connectivity index (χ0v) is 18.6. The van der Waals surface area contributed by atoms with Crippen LogP contribution in [-0.4, -0.2) is 10.6 Å². The lowest BCUT2D eigenvalue weighted by Gasteiger charge is -2.48. The highest BCUT2D eigenvalue weighted by atomic mass is 35.5. The summed E-state index contributed by atoms with van der Waals surface area (Å²) in [4.78, 5) is 14.7. The van der Waals surface area contributed by atoms with Gasteiger partial charge in [-0.25, -0.2) is 0 Å². The van der Waals surface area contributed by atoms with Crippen molar-refractivity contribution in [1.82, 2.24) is 4.98 Å². The highest BCUT2D eigenvalue weighted by molar-refractivity contribution is 6.32. The molecule has 0 bridgehead atoms. The zero-order valence-electron chi connectivity index (χ0n) is 17.9. The van der Waals surface area contributed by atoms with Crippen molar-refractivity contribution in [2.75, 3.05) is 0 Å². The minimum absolute atomic E-state index is 0.0572. The molecule has 4 nitrogen and oxygen atoms in total. The molecule has 0 spiro atoms. The van der Waals surface area contributed by atoms with Crippen molar-refractivity contribution in [3.63, 3.8) is 0 Å². The Morgan fingerprint density at radius 1 is 1.10 bits per heavy atom. The second-order valence-electron chi connectivity index (χ2n) is 9.62. The lowest BCUT2D eigenvalue weighted by molar-refractivity contribution is -0.0182. The number of pyridine rings is 1. The fraction of sp³-hybridized carbons (Fsp3) is 0.423. The molecule has 2 aromatic carbocycles. The molecular formula is C26H29ClN2O2. The third-order valence-electron chi connectivity index (χ3n) is 7.59. The van der Waals surface area contributed by atoms with E-state index in [-0.39, 0.29) is 22.6 Å². The summed E-state index contributed by atoms with van der Waals surface area (Å²) in [5.41, 5.74) is 7.84. The van der Waals surface area contributed by atoms with E-state index in [0.717, 1.165) is 31.1 Å². The van der Waals surface area contributed by atoms with Crippen molar-refractivity contribution in [2.45, 2.75) is 57.1 Å². The number of H-pyrrole nitrogens is 1. The summed E-state index contributed by atoms with van der Waals surface area (Å²) < 4.78 is 6.52. The molecule has 2 saturated carbocycles. The largest absolute Gasteiger partial charge is 0.486 e. The van der Waals surface area contributed by atoms with Crippen molar-refractivity contribution in [3.8, 4) is 5.75 Å². The van der Waals surface area contributed by atoms with E-state index in [1.165, 1.54) is 18.4 Å².